The fraction of sp³-hybridized carbons (Fsp3) is 0.143. The molecule has 20 heavy (non-hydrogen) atoms. The average molecular weight is 336 g/mol. The van der Waals surface area contributed by atoms with Gasteiger partial charge in [0.1, 0.15) is 5.82 Å². The van der Waals surface area contributed by atoms with Gasteiger partial charge in [-0.25, -0.2) is 9.78 Å². The summed E-state index contributed by atoms with van der Waals surface area (Å²) in [5.74, 6) is 0.0375. The van der Waals surface area contributed by atoms with Gasteiger partial charge in [0.25, 0.3) is 0 Å². The number of hydrogen-bond acceptors (Lipinski definition) is 5. The van der Waals surface area contributed by atoms with E-state index in [0.717, 1.165) is 15.7 Å². The summed E-state index contributed by atoms with van der Waals surface area (Å²) >= 11 is 3.43. The lowest BCUT2D eigenvalue weighted by Crippen LogP contribution is -2.07. The van der Waals surface area contributed by atoms with Gasteiger partial charge in [0.05, 0.1) is 24.6 Å². The number of benzene rings is 1. The fourth-order valence-electron chi connectivity index (χ4n) is 1.78. The summed E-state index contributed by atoms with van der Waals surface area (Å²) in [7, 11) is 1.31. The number of nitrogens with one attached hydrogen (secondary N) is 1. The number of halogens is 1. The third kappa shape index (κ3) is 3.27. The molecule has 0 amide bonds. The Balaban J connectivity index is 2.32. The SMILES string of the molecule is COC(=O)c1cc(Nc2cc(C)cc(Br)c2)ncc1N. The normalized spacial score (nSPS) is 10.2. The Labute approximate surface area is 125 Å². The van der Waals surface area contributed by atoms with E-state index in [1.165, 1.54) is 13.3 Å². The highest BCUT2D eigenvalue weighted by Crippen LogP contribution is 2.23. The molecule has 1 aromatic carbocycles. The maximum atomic E-state index is 11.6. The first-order chi connectivity index (χ1) is 9.49. The van der Waals surface area contributed by atoms with Crippen LogP contribution in [0.25, 0.3) is 0 Å². The Morgan fingerprint density at radius 2 is 2.10 bits per heavy atom. The van der Waals surface area contributed by atoms with Crippen LogP contribution in [0, 0.1) is 6.92 Å². The minimum absolute atomic E-state index is 0.285. The Morgan fingerprint density at radius 3 is 2.75 bits per heavy atom. The lowest BCUT2D eigenvalue weighted by molar-refractivity contribution is 0.0602. The number of nitrogens with zero attached hydrogens (tertiary/aromatic N) is 1. The highest BCUT2D eigenvalue weighted by atomic mass is 79.9. The molecule has 2 rings (SSSR count). The van der Waals surface area contributed by atoms with Crippen LogP contribution >= 0.6 is 15.9 Å². The second-order valence-corrected chi connectivity index (χ2v) is 5.21. The molecule has 6 heteroatoms. The number of carbonyl (C=O) groups excluding carboxylic acids is 1. The van der Waals surface area contributed by atoms with E-state index in [4.69, 9.17) is 5.73 Å². The number of hydrogen-bond donors (Lipinski definition) is 2. The zero-order valence-electron chi connectivity index (χ0n) is 11.1. The van der Waals surface area contributed by atoms with E-state index < -0.39 is 5.97 Å². The van der Waals surface area contributed by atoms with Crippen LogP contribution < -0.4 is 11.1 Å². The van der Waals surface area contributed by atoms with Crippen LogP contribution in [0.3, 0.4) is 0 Å². The first kappa shape index (κ1) is 14.3. The van der Waals surface area contributed by atoms with Crippen LogP contribution in [0.1, 0.15) is 15.9 Å². The maximum absolute atomic E-state index is 11.6. The molecule has 0 spiro atoms. The van der Waals surface area contributed by atoms with E-state index >= 15 is 0 Å². The molecule has 0 saturated carbocycles. The molecule has 0 atom stereocenters. The number of rotatable bonds is 3. The Bertz CT molecular complexity index is 639. The van der Waals surface area contributed by atoms with Crippen molar-refractivity contribution in [2.45, 2.75) is 6.92 Å². The summed E-state index contributed by atoms with van der Waals surface area (Å²) < 4.78 is 5.64. The molecule has 104 valence electrons. The van der Waals surface area contributed by atoms with Crippen molar-refractivity contribution in [2.75, 3.05) is 18.2 Å². The highest BCUT2D eigenvalue weighted by molar-refractivity contribution is 9.10. The topological polar surface area (TPSA) is 77.2 Å². The predicted molar refractivity (Wildman–Crippen MR) is 82.2 cm³/mol. The zero-order chi connectivity index (χ0) is 14.7. The molecule has 0 bridgehead atoms. The molecule has 0 aliphatic rings. The van der Waals surface area contributed by atoms with Gasteiger partial charge in [-0.1, -0.05) is 15.9 Å². The first-order valence-electron chi connectivity index (χ1n) is 5.87. The van der Waals surface area contributed by atoms with Gasteiger partial charge in [-0.2, -0.15) is 0 Å². The third-order valence-corrected chi connectivity index (χ3v) is 3.11. The van der Waals surface area contributed by atoms with E-state index in [9.17, 15) is 4.79 Å². The predicted octanol–water partition coefficient (Wildman–Crippen LogP) is 3.26. The van der Waals surface area contributed by atoms with Crippen LogP contribution in [-0.4, -0.2) is 18.1 Å². The van der Waals surface area contributed by atoms with Crippen molar-refractivity contribution in [2.24, 2.45) is 0 Å². The molecule has 0 unspecified atom stereocenters. The number of esters is 1. The van der Waals surface area contributed by atoms with E-state index in [1.54, 1.807) is 6.07 Å². The van der Waals surface area contributed by atoms with Crippen molar-refractivity contribution in [1.29, 1.82) is 0 Å². The van der Waals surface area contributed by atoms with Gasteiger partial charge in [0, 0.05) is 10.2 Å². The molecule has 0 aliphatic carbocycles. The monoisotopic (exact) mass is 335 g/mol. The van der Waals surface area contributed by atoms with Crippen molar-refractivity contribution in [3.63, 3.8) is 0 Å². The van der Waals surface area contributed by atoms with E-state index in [2.05, 4.69) is 31.0 Å². The van der Waals surface area contributed by atoms with E-state index in [-0.39, 0.29) is 11.3 Å². The number of anilines is 3. The number of nitrogen functional groups attached to an aromatic ring is 1. The van der Waals surface area contributed by atoms with Crippen LogP contribution in [0.15, 0.2) is 34.9 Å². The molecule has 5 nitrogen and oxygen atoms in total. The number of aromatic nitrogens is 1. The summed E-state index contributed by atoms with van der Waals surface area (Å²) in [5, 5.41) is 3.13. The summed E-state index contributed by atoms with van der Waals surface area (Å²) in [6.07, 6.45) is 1.43. The molecular formula is C14H14BrN3O2. The quantitative estimate of drug-likeness (QED) is 0.842. The number of pyridine rings is 1. The van der Waals surface area contributed by atoms with Crippen LogP contribution in [0.5, 0.6) is 0 Å². The largest absolute Gasteiger partial charge is 0.465 e. The summed E-state index contributed by atoms with van der Waals surface area (Å²) in [5.41, 5.74) is 8.25. The molecule has 0 fully saturated rings. The van der Waals surface area contributed by atoms with Crippen molar-refractivity contribution in [1.82, 2.24) is 4.98 Å². The summed E-state index contributed by atoms with van der Waals surface area (Å²) in [4.78, 5) is 15.7. The van der Waals surface area contributed by atoms with Gasteiger partial charge in [0.15, 0.2) is 0 Å². The van der Waals surface area contributed by atoms with Crippen molar-refractivity contribution >= 4 is 39.1 Å². The molecular weight excluding hydrogens is 322 g/mol. The van der Waals surface area contributed by atoms with Gasteiger partial charge in [-0.15, -0.1) is 0 Å². The highest BCUT2D eigenvalue weighted by Gasteiger charge is 2.11. The van der Waals surface area contributed by atoms with Gasteiger partial charge in [-0.05, 0) is 36.8 Å². The fourth-order valence-corrected chi connectivity index (χ4v) is 2.39. The number of methoxy groups -OCH3 is 1. The first-order valence-corrected chi connectivity index (χ1v) is 6.67. The second-order valence-electron chi connectivity index (χ2n) is 4.29. The molecule has 1 heterocycles. The lowest BCUT2D eigenvalue weighted by Gasteiger charge is -2.10. The van der Waals surface area contributed by atoms with Crippen LogP contribution in [0.4, 0.5) is 17.2 Å². The average Bonchev–Trinajstić information content (AvgIpc) is 2.39. The Morgan fingerprint density at radius 1 is 1.35 bits per heavy atom. The van der Waals surface area contributed by atoms with Crippen LogP contribution in [0.2, 0.25) is 0 Å². The molecule has 0 saturated heterocycles. The molecule has 3 N–H and O–H groups in total. The van der Waals surface area contributed by atoms with Crippen molar-refractivity contribution in [3.05, 3.63) is 46.1 Å². The number of carbonyl (C=O) groups is 1. The number of aryl methyl sites for hydroxylation is 1. The number of ether oxygens (including phenoxy) is 1. The zero-order valence-corrected chi connectivity index (χ0v) is 12.7. The molecule has 0 radical (unpaired) electrons. The Hall–Kier alpha value is -2.08. The Kier molecular flexibility index (Phi) is 4.24. The van der Waals surface area contributed by atoms with E-state index in [1.807, 2.05) is 25.1 Å². The van der Waals surface area contributed by atoms with Gasteiger partial charge < -0.3 is 15.8 Å². The van der Waals surface area contributed by atoms with E-state index in [0.29, 0.717) is 5.82 Å². The van der Waals surface area contributed by atoms with Gasteiger partial charge >= 0.3 is 5.97 Å². The smallest absolute Gasteiger partial charge is 0.340 e. The molecule has 2 aromatic rings. The summed E-state index contributed by atoms with van der Waals surface area (Å²) in [6, 6.07) is 7.46. The minimum Gasteiger partial charge on any atom is -0.465 e. The van der Waals surface area contributed by atoms with Gasteiger partial charge in [0.2, 0.25) is 0 Å². The molecule has 1 aromatic heterocycles. The maximum Gasteiger partial charge on any atom is 0.340 e. The van der Waals surface area contributed by atoms with Gasteiger partial charge in [-0.3, -0.25) is 0 Å². The standard InChI is InChI=1S/C14H14BrN3O2/c1-8-3-9(15)5-10(4-8)18-13-6-11(14(19)20-2)12(16)7-17-13/h3-7H,16H2,1-2H3,(H,17,18). The lowest BCUT2D eigenvalue weighted by atomic mass is 10.2. The van der Waals surface area contributed by atoms with Crippen molar-refractivity contribution in [3.8, 4) is 0 Å². The van der Waals surface area contributed by atoms with Crippen LogP contribution in [-0.2, 0) is 4.74 Å². The minimum atomic E-state index is -0.488. The number of nitrogens with two attached hydrogens (primary N) is 1. The van der Waals surface area contributed by atoms with Crippen molar-refractivity contribution < 1.29 is 9.53 Å². The molecule has 0 aliphatic heterocycles. The summed E-state index contributed by atoms with van der Waals surface area (Å²) in [6.45, 7) is 1.99. The second kappa shape index (κ2) is 5.92. The third-order valence-electron chi connectivity index (χ3n) is 2.65.